The van der Waals surface area contributed by atoms with Gasteiger partial charge < -0.3 is 15.4 Å². The van der Waals surface area contributed by atoms with Gasteiger partial charge in [0.15, 0.2) is 0 Å². The van der Waals surface area contributed by atoms with E-state index in [0.717, 1.165) is 23.3 Å². The number of nitrogens with one attached hydrogen (secondary N) is 2. The quantitative estimate of drug-likeness (QED) is 0.377. The van der Waals surface area contributed by atoms with E-state index < -0.39 is 18.0 Å². The highest BCUT2D eigenvalue weighted by atomic mass is 19.4. The maximum atomic E-state index is 12.7. The van der Waals surface area contributed by atoms with Crippen molar-refractivity contribution in [2.75, 3.05) is 10.6 Å². The molecule has 7 nitrogen and oxygen atoms in total. The van der Waals surface area contributed by atoms with Gasteiger partial charge in [0.25, 0.3) is 5.91 Å². The van der Waals surface area contributed by atoms with E-state index in [4.69, 9.17) is 0 Å². The third-order valence-corrected chi connectivity index (χ3v) is 4.68. The van der Waals surface area contributed by atoms with Crippen molar-refractivity contribution in [1.82, 2.24) is 15.0 Å². The van der Waals surface area contributed by atoms with Gasteiger partial charge in [-0.3, -0.25) is 9.78 Å². The van der Waals surface area contributed by atoms with Crippen molar-refractivity contribution in [3.63, 3.8) is 0 Å². The summed E-state index contributed by atoms with van der Waals surface area (Å²) in [7, 11) is 0. The predicted octanol–water partition coefficient (Wildman–Crippen LogP) is 5.74. The number of benzene rings is 2. The lowest BCUT2D eigenvalue weighted by molar-refractivity contribution is -0.274. The number of pyridine rings is 1. The average molecular weight is 465 g/mol. The number of halogens is 3. The molecule has 0 aliphatic carbocycles. The van der Waals surface area contributed by atoms with Crippen molar-refractivity contribution in [1.29, 1.82) is 0 Å². The summed E-state index contributed by atoms with van der Waals surface area (Å²) in [5.74, 6) is -0.599. The van der Waals surface area contributed by atoms with Crippen molar-refractivity contribution in [2.24, 2.45) is 0 Å². The lowest BCUT2D eigenvalue weighted by atomic mass is 10.1. The van der Waals surface area contributed by atoms with E-state index in [1.54, 1.807) is 42.9 Å². The highest BCUT2D eigenvalue weighted by molar-refractivity contribution is 6.05. The number of nitrogens with zero attached hydrogens (tertiary/aromatic N) is 3. The first-order valence-electron chi connectivity index (χ1n) is 10.1. The van der Waals surface area contributed by atoms with Gasteiger partial charge in [-0.2, -0.15) is 0 Å². The smallest absolute Gasteiger partial charge is 0.406 e. The highest BCUT2D eigenvalue weighted by Gasteiger charge is 2.31. The molecule has 0 saturated carbocycles. The summed E-state index contributed by atoms with van der Waals surface area (Å²) in [5.41, 5.74) is 3.40. The van der Waals surface area contributed by atoms with Crippen molar-refractivity contribution in [3.05, 3.63) is 90.4 Å². The van der Waals surface area contributed by atoms with Crippen molar-refractivity contribution in [3.8, 4) is 17.0 Å². The van der Waals surface area contributed by atoms with Crippen LogP contribution in [0.1, 0.15) is 15.9 Å². The lowest BCUT2D eigenvalue weighted by Gasteiger charge is -2.13. The van der Waals surface area contributed by atoms with Crippen LogP contribution < -0.4 is 15.4 Å². The fraction of sp³-hybridized carbons (Fsp3) is 0.0833. The molecule has 0 unspecified atom stereocenters. The zero-order chi connectivity index (χ0) is 24.1. The van der Waals surface area contributed by atoms with Gasteiger partial charge in [-0.25, -0.2) is 9.97 Å². The summed E-state index contributed by atoms with van der Waals surface area (Å²) in [6.45, 7) is 1.85. The number of carbonyl (C=O) groups is 1. The highest BCUT2D eigenvalue weighted by Crippen LogP contribution is 2.26. The maximum Gasteiger partial charge on any atom is 0.573 e. The van der Waals surface area contributed by atoms with Gasteiger partial charge in [-0.1, -0.05) is 12.1 Å². The molecule has 2 aromatic heterocycles. The molecule has 4 aromatic rings. The maximum absolute atomic E-state index is 12.7. The molecule has 0 aliphatic rings. The molecule has 0 radical (unpaired) electrons. The Bertz CT molecular complexity index is 1310. The van der Waals surface area contributed by atoms with Gasteiger partial charge in [0.2, 0.25) is 5.95 Å². The van der Waals surface area contributed by atoms with Gasteiger partial charge in [0.05, 0.1) is 5.69 Å². The molecule has 0 bridgehead atoms. The number of aryl methyl sites for hydroxylation is 1. The molecule has 1 amide bonds. The van der Waals surface area contributed by atoms with Gasteiger partial charge in [0, 0.05) is 47.2 Å². The first kappa shape index (κ1) is 22.7. The Hall–Kier alpha value is -4.47. The van der Waals surface area contributed by atoms with Crippen LogP contribution in [0.3, 0.4) is 0 Å². The molecule has 0 atom stereocenters. The number of ether oxygens (including phenoxy) is 1. The van der Waals surface area contributed by atoms with Crippen LogP contribution in [0.5, 0.6) is 5.75 Å². The zero-order valence-electron chi connectivity index (χ0n) is 17.8. The first-order valence-corrected chi connectivity index (χ1v) is 10.1. The molecule has 0 aliphatic heterocycles. The SMILES string of the molecule is Cc1ccc(C(=O)Nc2cccc(OC(F)(F)F)c2)cc1Nc1nccc(-c2cccnc2)n1. The van der Waals surface area contributed by atoms with E-state index in [1.807, 2.05) is 19.1 Å². The Kier molecular flexibility index (Phi) is 6.39. The Morgan fingerprint density at radius 1 is 1.00 bits per heavy atom. The van der Waals surface area contributed by atoms with Crippen LogP contribution in [0.15, 0.2) is 79.3 Å². The van der Waals surface area contributed by atoms with E-state index >= 15 is 0 Å². The Balaban J connectivity index is 1.52. The van der Waals surface area contributed by atoms with Gasteiger partial charge in [-0.15, -0.1) is 13.2 Å². The molecule has 2 N–H and O–H groups in total. The van der Waals surface area contributed by atoms with Crippen LogP contribution in [0, 0.1) is 6.92 Å². The molecule has 10 heteroatoms. The summed E-state index contributed by atoms with van der Waals surface area (Å²) in [6.07, 6.45) is 0.149. The van der Waals surface area contributed by atoms with Crippen LogP contribution in [0.25, 0.3) is 11.3 Å². The second kappa shape index (κ2) is 9.57. The molecule has 0 spiro atoms. The van der Waals surface area contributed by atoms with Crippen molar-refractivity contribution < 1.29 is 22.7 Å². The average Bonchev–Trinajstić information content (AvgIpc) is 2.80. The van der Waals surface area contributed by atoms with Crippen molar-refractivity contribution >= 4 is 23.2 Å². The van der Waals surface area contributed by atoms with Crippen LogP contribution in [0.2, 0.25) is 0 Å². The zero-order valence-corrected chi connectivity index (χ0v) is 17.8. The van der Waals surface area contributed by atoms with Crippen LogP contribution in [0.4, 0.5) is 30.5 Å². The van der Waals surface area contributed by atoms with Crippen LogP contribution in [-0.4, -0.2) is 27.2 Å². The Morgan fingerprint density at radius 2 is 1.85 bits per heavy atom. The van der Waals surface area contributed by atoms with Crippen molar-refractivity contribution in [2.45, 2.75) is 13.3 Å². The summed E-state index contributed by atoms with van der Waals surface area (Å²) in [5, 5.41) is 5.68. The van der Waals surface area contributed by atoms with Crippen LogP contribution >= 0.6 is 0 Å². The van der Waals surface area contributed by atoms with Gasteiger partial charge in [-0.05, 0) is 55.0 Å². The molecular formula is C24H18F3N5O2. The molecule has 2 heterocycles. The standard InChI is InChI=1S/C24H18F3N5O2/c1-15-7-8-16(22(33)30-18-5-2-6-19(13-18)34-24(25,26)27)12-21(15)32-23-29-11-9-20(31-23)17-4-3-10-28-14-17/h2-14H,1H3,(H,30,33)(H,29,31,32). The van der Waals surface area contributed by atoms with E-state index in [-0.39, 0.29) is 5.69 Å². The number of hydrogen-bond acceptors (Lipinski definition) is 6. The number of rotatable bonds is 6. The molecule has 0 saturated heterocycles. The Labute approximate surface area is 192 Å². The summed E-state index contributed by atoms with van der Waals surface area (Å²) >= 11 is 0. The number of aromatic nitrogens is 3. The summed E-state index contributed by atoms with van der Waals surface area (Å²) in [4.78, 5) is 25.5. The fourth-order valence-corrected chi connectivity index (χ4v) is 3.09. The van der Waals surface area contributed by atoms with E-state index in [0.29, 0.717) is 22.9 Å². The molecule has 172 valence electrons. The number of alkyl halides is 3. The normalized spacial score (nSPS) is 11.1. The first-order chi connectivity index (χ1) is 16.3. The van der Waals surface area contributed by atoms with Crippen LogP contribution in [-0.2, 0) is 0 Å². The second-order valence-corrected chi connectivity index (χ2v) is 7.19. The summed E-state index contributed by atoms with van der Waals surface area (Å²) in [6, 6.07) is 15.5. The third kappa shape index (κ3) is 5.85. The van der Waals surface area contributed by atoms with Gasteiger partial charge >= 0.3 is 6.36 Å². The molecular weight excluding hydrogens is 447 g/mol. The Morgan fingerprint density at radius 3 is 2.62 bits per heavy atom. The predicted molar refractivity (Wildman–Crippen MR) is 121 cm³/mol. The molecule has 4 rings (SSSR count). The number of carbonyl (C=O) groups excluding carboxylic acids is 1. The summed E-state index contributed by atoms with van der Waals surface area (Å²) < 4.78 is 41.3. The number of hydrogen-bond donors (Lipinski definition) is 2. The largest absolute Gasteiger partial charge is 0.573 e. The monoisotopic (exact) mass is 465 g/mol. The van der Waals surface area contributed by atoms with Gasteiger partial charge in [0.1, 0.15) is 5.75 Å². The van der Waals surface area contributed by atoms with E-state index in [2.05, 4.69) is 30.3 Å². The minimum Gasteiger partial charge on any atom is -0.406 e. The molecule has 34 heavy (non-hydrogen) atoms. The van der Waals surface area contributed by atoms with E-state index in [9.17, 15) is 18.0 Å². The topological polar surface area (TPSA) is 89.0 Å². The number of amides is 1. The minimum absolute atomic E-state index is 0.161. The van der Waals surface area contributed by atoms with E-state index in [1.165, 1.54) is 12.1 Å². The second-order valence-electron chi connectivity index (χ2n) is 7.19. The minimum atomic E-state index is -4.82. The molecule has 0 fully saturated rings. The third-order valence-electron chi connectivity index (χ3n) is 4.68. The lowest BCUT2D eigenvalue weighted by Crippen LogP contribution is -2.17. The molecule has 2 aromatic carbocycles. The fourth-order valence-electron chi connectivity index (χ4n) is 3.09. The number of anilines is 3.